The minimum absolute atomic E-state index is 0.241. The van der Waals surface area contributed by atoms with Gasteiger partial charge in [-0.05, 0) is 132 Å². The number of benzene rings is 3. The van der Waals surface area contributed by atoms with Gasteiger partial charge in [0, 0.05) is 13.4 Å². The Morgan fingerprint density at radius 3 is 0.812 bits per heavy atom. The fraction of sp³-hybridized carbons (Fsp3) is 0. The van der Waals surface area contributed by atoms with E-state index in [2.05, 4.69) is 143 Å². The SMILES string of the molecule is O=P(Oc1c(Br)cc(Br)cc1Br)(Oc1c(Br)cc(Br)cc1Br)Oc1c(Br)cc(Br)cc1Br. The lowest BCUT2D eigenvalue weighted by molar-refractivity contribution is 0.294. The Morgan fingerprint density at radius 1 is 0.438 bits per heavy atom. The molecule has 0 aliphatic carbocycles. The summed E-state index contributed by atoms with van der Waals surface area (Å²) in [5.74, 6) is 0.723. The molecule has 0 aliphatic rings. The van der Waals surface area contributed by atoms with Crippen LogP contribution in [0.3, 0.4) is 0 Å². The first kappa shape index (κ1) is 28.2. The Kier molecular flexibility index (Phi) is 10.4. The van der Waals surface area contributed by atoms with E-state index < -0.39 is 7.82 Å². The number of phosphoric acid groups is 1. The number of hydrogen-bond acceptors (Lipinski definition) is 4. The van der Waals surface area contributed by atoms with Crippen LogP contribution < -0.4 is 13.6 Å². The minimum atomic E-state index is -4.32. The lowest BCUT2D eigenvalue weighted by Gasteiger charge is -2.23. The third kappa shape index (κ3) is 7.09. The molecule has 0 amide bonds. The van der Waals surface area contributed by atoms with Crippen LogP contribution in [0.5, 0.6) is 17.2 Å². The number of rotatable bonds is 6. The molecule has 0 spiro atoms. The maximum absolute atomic E-state index is 14.1. The first-order chi connectivity index (χ1) is 14.9. The van der Waals surface area contributed by atoms with Gasteiger partial charge < -0.3 is 13.6 Å². The van der Waals surface area contributed by atoms with Crippen LogP contribution in [-0.2, 0) is 4.57 Å². The summed E-state index contributed by atoms with van der Waals surface area (Å²) in [6.45, 7) is 0. The molecule has 0 aromatic heterocycles. The lowest BCUT2D eigenvalue weighted by atomic mass is 10.3. The molecule has 4 nitrogen and oxygen atoms in total. The normalized spacial score (nSPS) is 11.4. The first-order valence-electron chi connectivity index (χ1n) is 8.01. The highest BCUT2D eigenvalue weighted by atomic mass is 79.9. The van der Waals surface area contributed by atoms with Crippen LogP contribution in [0.15, 0.2) is 76.7 Å². The summed E-state index contributed by atoms with van der Waals surface area (Å²) < 4.78 is 37.3. The zero-order chi connectivity index (χ0) is 23.8. The van der Waals surface area contributed by atoms with E-state index in [1.807, 2.05) is 0 Å². The highest BCUT2D eigenvalue weighted by molar-refractivity contribution is 9.12. The summed E-state index contributed by atoms with van der Waals surface area (Å²) in [5, 5.41) is 0. The first-order valence-corrected chi connectivity index (χ1v) is 16.6. The molecule has 0 saturated carbocycles. The van der Waals surface area contributed by atoms with E-state index in [9.17, 15) is 4.57 Å². The van der Waals surface area contributed by atoms with Gasteiger partial charge in [-0.15, -0.1) is 0 Å². The molecule has 0 aliphatic heterocycles. The molecule has 0 atom stereocenters. The molecule has 0 unspecified atom stereocenters. The zero-order valence-electron chi connectivity index (χ0n) is 14.9. The molecular formula is C18H6Br9O4P. The number of phosphoric ester groups is 1. The van der Waals surface area contributed by atoms with Crippen molar-refractivity contribution in [3.63, 3.8) is 0 Å². The van der Waals surface area contributed by atoms with Gasteiger partial charge in [0.05, 0.1) is 26.8 Å². The molecule has 3 aromatic carbocycles. The molecular weight excluding hydrogens is 1030 g/mol. The van der Waals surface area contributed by atoms with Crippen LogP contribution in [-0.4, -0.2) is 0 Å². The van der Waals surface area contributed by atoms with Crippen LogP contribution in [0.1, 0.15) is 0 Å². The predicted octanol–water partition coefficient (Wildman–Crippen LogP) is 12.2. The van der Waals surface area contributed by atoms with Gasteiger partial charge in [-0.2, -0.15) is 4.57 Å². The van der Waals surface area contributed by atoms with E-state index in [1.54, 1.807) is 36.4 Å². The molecule has 0 radical (unpaired) electrons. The molecule has 3 rings (SSSR count). The summed E-state index contributed by atoms with van der Waals surface area (Å²) in [4.78, 5) is 0. The molecule has 3 aromatic rings. The Labute approximate surface area is 259 Å². The van der Waals surface area contributed by atoms with Crippen LogP contribution >= 0.6 is 151 Å². The molecule has 14 heteroatoms. The smallest absolute Gasteiger partial charge is 0.383 e. The summed E-state index contributed by atoms with van der Waals surface area (Å²) in [7, 11) is -4.32. The summed E-state index contributed by atoms with van der Waals surface area (Å²) in [6.07, 6.45) is 0. The van der Waals surface area contributed by atoms with E-state index in [-0.39, 0.29) is 17.2 Å². The van der Waals surface area contributed by atoms with E-state index in [0.29, 0.717) is 26.8 Å². The summed E-state index contributed by atoms with van der Waals surface area (Å²) in [6, 6.07) is 10.5. The van der Waals surface area contributed by atoms with E-state index in [0.717, 1.165) is 13.4 Å². The molecule has 32 heavy (non-hydrogen) atoms. The van der Waals surface area contributed by atoms with Gasteiger partial charge >= 0.3 is 7.82 Å². The zero-order valence-corrected chi connectivity index (χ0v) is 30.1. The molecule has 0 N–H and O–H groups in total. The van der Waals surface area contributed by atoms with E-state index in [4.69, 9.17) is 13.6 Å². The van der Waals surface area contributed by atoms with Crippen molar-refractivity contribution in [2.24, 2.45) is 0 Å². The van der Waals surface area contributed by atoms with E-state index >= 15 is 0 Å². The van der Waals surface area contributed by atoms with Crippen LogP contribution in [0, 0.1) is 0 Å². The maximum Gasteiger partial charge on any atom is 0.647 e. The van der Waals surface area contributed by atoms with Crippen molar-refractivity contribution in [3.8, 4) is 17.2 Å². The van der Waals surface area contributed by atoms with Gasteiger partial charge in [0.2, 0.25) is 0 Å². The third-order valence-electron chi connectivity index (χ3n) is 3.50. The molecule has 0 bridgehead atoms. The van der Waals surface area contributed by atoms with Crippen LogP contribution in [0.4, 0.5) is 0 Å². The average molecular weight is 1040 g/mol. The maximum atomic E-state index is 14.1. The Morgan fingerprint density at radius 2 is 0.625 bits per heavy atom. The Balaban J connectivity index is 2.12. The van der Waals surface area contributed by atoms with Crippen molar-refractivity contribution in [1.29, 1.82) is 0 Å². The Bertz CT molecular complexity index is 1030. The van der Waals surface area contributed by atoms with Crippen LogP contribution in [0.25, 0.3) is 0 Å². The molecule has 0 heterocycles. The second-order valence-electron chi connectivity index (χ2n) is 5.82. The van der Waals surface area contributed by atoms with Crippen molar-refractivity contribution in [2.75, 3.05) is 0 Å². The Hall–Kier alpha value is 1.61. The monoisotopic (exact) mass is 1030 g/mol. The largest absolute Gasteiger partial charge is 0.647 e. The highest BCUT2D eigenvalue weighted by Gasteiger charge is 2.37. The minimum Gasteiger partial charge on any atom is -0.383 e. The highest BCUT2D eigenvalue weighted by Crippen LogP contribution is 2.57. The van der Waals surface area contributed by atoms with Gasteiger partial charge in [0.25, 0.3) is 0 Å². The summed E-state index contributed by atoms with van der Waals surface area (Å²) in [5.41, 5.74) is 0. The molecule has 170 valence electrons. The van der Waals surface area contributed by atoms with Gasteiger partial charge in [-0.1, -0.05) is 47.8 Å². The van der Waals surface area contributed by atoms with Crippen molar-refractivity contribution >= 4 is 151 Å². The third-order valence-corrected chi connectivity index (χ3v) is 9.62. The van der Waals surface area contributed by atoms with Crippen molar-refractivity contribution in [2.45, 2.75) is 0 Å². The van der Waals surface area contributed by atoms with Gasteiger partial charge in [0.15, 0.2) is 17.2 Å². The number of halogens is 9. The number of hydrogen-bond donors (Lipinski definition) is 0. The molecule has 0 fully saturated rings. The quantitative estimate of drug-likeness (QED) is 0.231. The van der Waals surface area contributed by atoms with Crippen molar-refractivity contribution in [1.82, 2.24) is 0 Å². The molecule has 0 saturated heterocycles. The van der Waals surface area contributed by atoms with Crippen LogP contribution in [0.2, 0.25) is 0 Å². The summed E-state index contributed by atoms with van der Waals surface area (Å²) >= 11 is 30.8. The van der Waals surface area contributed by atoms with Crippen molar-refractivity contribution < 1.29 is 18.1 Å². The fourth-order valence-electron chi connectivity index (χ4n) is 2.24. The van der Waals surface area contributed by atoms with Crippen molar-refractivity contribution in [3.05, 3.63) is 76.7 Å². The lowest BCUT2D eigenvalue weighted by Crippen LogP contribution is -2.09. The van der Waals surface area contributed by atoms with Gasteiger partial charge in [-0.3, -0.25) is 0 Å². The predicted molar refractivity (Wildman–Crippen MR) is 158 cm³/mol. The average Bonchev–Trinajstić information content (AvgIpc) is 2.64. The van der Waals surface area contributed by atoms with Gasteiger partial charge in [-0.25, -0.2) is 0 Å². The van der Waals surface area contributed by atoms with Gasteiger partial charge in [0.1, 0.15) is 0 Å². The second kappa shape index (κ2) is 11.8. The second-order valence-corrected chi connectivity index (χ2v) is 15.1. The topological polar surface area (TPSA) is 44.8 Å². The standard InChI is InChI=1S/C18H6Br9O4P/c19-7-1-10(22)16(11(23)2-7)29-32(28,30-17-12(24)3-8(20)4-13(17)25)31-18-14(26)5-9(21)6-15(18)27/h1-6H. The van der Waals surface area contributed by atoms with E-state index in [1.165, 1.54) is 0 Å². The fourth-order valence-corrected chi connectivity index (χ4v) is 11.6.